The molecule has 0 saturated carbocycles. The molecule has 86 valence electrons. The molecule has 0 N–H and O–H groups in total. The van der Waals surface area contributed by atoms with Gasteiger partial charge in [0, 0.05) is 5.41 Å². The molecule has 1 heteroatoms. The highest BCUT2D eigenvalue weighted by Gasteiger charge is 2.28. The molecule has 16 heavy (non-hydrogen) atoms. The number of piperidine rings is 1. The van der Waals surface area contributed by atoms with Gasteiger partial charge in [-0.3, -0.25) is 0 Å². The molecule has 0 bridgehead atoms. The molecule has 1 spiro atoms. The summed E-state index contributed by atoms with van der Waals surface area (Å²) in [6.45, 7) is 5.87. The Bertz CT molecular complexity index is 301. The first-order valence-electron chi connectivity index (χ1n) is 6.27. The topological polar surface area (TPSA) is 3.24 Å². The van der Waals surface area contributed by atoms with Crippen molar-refractivity contribution in [3.8, 4) is 0 Å². The van der Waals surface area contributed by atoms with Crippen molar-refractivity contribution in [3.05, 3.63) is 48.6 Å². The summed E-state index contributed by atoms with van der Waals surface area (Å²) in [4.78, 5) is 2.53. The van der Waals surface area contributed by atoms with Crippen LogP contribution < -0.4 is 0 Å². The van der Waals surface area contributed by atoms with Crippen LogP contribution in [0.4, 0.5) is 0 Å². The second-order valence-corrected chi connectivity index (χ2v) is 4.66. The molecule has 1 saturated heterocycles. The maximum atomic E-state index is 2.53. The molecular formula is C15H21N. The predicted octanol–water partition coefficient (Wildman–Crippen LogP) is 3.33. The van der Waals surface area contributed by atoms with Gasteiger partial charge in [0.1, 0.15) is 0 Å². The van der Waals surface area contributed by atoms with Crippen LogP contribution in [0.1, 0.15) is 19.8 Å². The smallest absolute Gasteiger partial charge is 0.00914 e. The summed E-state index contributed by atoms with van der Waals surface area (Å²) in [5.41, 5.74) is 0.296. The van der Waals surface area contributed by atoms with Crippen molar-refractivity contribution in [1.82, 2.24) is 4.90 Å². The Morgan fingerprint density at radius 1 is 0.875 bits per heavy atom. The zero-order valence-corrected chi connectivity index (χ0v) is 10.1. The molecule has 1 aliphatic heterocycles. The van der Waals surface area contributed by atoms with Crippen molar-refractivity contribution >= 4 is 0 Å². The second kappa shape index (κ2) is 5.31. The van der Waals surface area contributed by atoms with Gasteiger partial charge in [0.2, 0.25) is 0 Å². The summed E-state index contributed by atoms with van der Waals surface area (Å²) >= 11 is 0. The number of allylic oxidation sites excluding steroid dienone is 8. The van der Waals surface area contributed by atoms with Gasteiger partial charge in [0.15, 0.2) is 0 Å². The van der Waals surface area contributed by atoms with Gasteiger partial charge in [-0.05, 0) is 32.5 Å². The zero-order valence-electron chi connectivity index (χ0n) is 10.1. The molecule has 0 amide bonds. The molecule has 0 atom stereocenters. The molecule has 1 nitrogen and oxygen atoms in total. The van der Waals surface area contributed by atoms with E-state index in [1.807, 2.05) is 0 Å². The molecule has 1 heterocycles. The van der Waals surface area contributed by atoms with E-state index in [0.717, 1.165) is 0 Å². The van der Waals surface area contributed by atoms with E-state index in [-0.39, 0.29) is 0 Å². The third-order valence-corrected chi connectivity index (χ3v) is 3.65. The van der Waals surface area contributed by atoms with Gasteiger partial charge in [-0.1, -0.05) is 55.5 Å². The highest BCUT2D eigenvalue weighted by molar-refractivity contribution is 5.25. The summed E-state index contributed by atoms with van der Waals surface area (Å²) in [5.74, 6) is 0. The van der Waals surface area contributed by atoms with E-state index in [0.29, 0.717) is 5.41 Å². The Labute approximate surface area is 98.8 Å². The van der Waals surface area contributed by atoms with E-state index >= 15 is 0 Å². The highest BCUT2D eigenvalue weighted by Crippen LogP contribution is 2.34. The molecule has 0 aromatic rings. The van der Waals surface area contributed by atoms with Crippen molar-refractivity contribution in [1.29, 1.82) is 0 Å². The highest BCUT2D eigenvalue weighted by atomic mass is 15.1. The van der Waals surface area contributed by atoms with Gasteiger partial charge >= 0.3 is 0 Å². The number of nitrogens with zero attached hydrogens (tertiary/aromatic N) is 1. The largest absolute Gasteiger partial charge is 0.304 e. The van der Waals surface area contributed by atoms with Crippen molar-refractivity contribution in [2.24, 2.45) is 5.41 Å². The minimum absolute atomic E-state index is 0.296. The molecule has 1 aliphatic carbocycles. The van der Waals surface area contributed by atoms with Gasteiger partial charge in [-0.25, -0.2) is 0 Å². The van der Waals surface area contributed by atoms with Crippen LogP contribution in [-0.2, 0) is 0 Å². The molecule has 1 fully saturated rings. The molecule has 2 rings (SSSR count). The van der Waals surface area contributed by atoms with Crippen LogP contribution >= 0.6 is 0 Å². The lowest BCUT2D eigenvalue weighted by atomic mass is 9.77. The molecule has 0 unspecified atom stereocenters. The third kappa shape index (κ3) is 2.73. The lowest BCUT2D eigenvalue weighted by Gasteiger charge is -2.37. The lowest BCUT2D eigenvalue weighted by Crippen LogP contribution is -2.38. The monoisotopic (exact) mass is 215 g/mol. The molecular weight excluding hydrogens is 194 g/mol. The van der Waals surface area contributed by atoms with Gasteiger partial charge in [-0.15, -0.1) is 0 Å². The normalized spacial score (nSPS) is 32.3. The maximum Gasteiger partial charge on any atom is 0.00914 e. The minimum Gasteiger partial charge on any atom is -0.304 e. The third-order valence-electron chi connectivity index (χ3n) is 3.65. The van der Waals surface area contributed by atoms with Crippen molar-refractivity contribution in [2.75, 3.05) is 19.6 Å². The lowest BCUT2D eigenvalue weighted by molar-refractivity contribution is 0.176. The standard InChI is InChI=1S/C15H21N/c1-2-16-13-11-15(12-14-16)9-7-5-3-4-6-8-10-15/h3-10H,2,11-14H2,1H3/b5-3-,6-4+,9-7+,10-8-. The van der Waals surface area contributed by atoms with Crippen LogP contribution in [0, 0.1) is 5.41 Å². The van der Waals surface area contributed by atoms with Crippen LogP contribution in [-0.4, -0.2) is 24.5 Å². The van der Waals surface area contributed by atoms with Crippen LogP contribution in [0.15, 0.2) is 48.6 Å². The Balaban J connectivity index is 2.11. The molecule has 0 aromatic carbocycles. The Morgan fingerprint density at radius 2 is 1.38 bits per heavy atom. The van der Waals surface area contributed by atoms with Gasteiger partial charge in [-0.2, -0.15) is 0 Å². The second-order valence-electron chi connectivity index (χ2n) is 4.66. The summed E-state index contributed by atoms with van der Waals surface area (Å²) in [6.07, 6.45) is 20.0. The van der Waals surface area contributed by atoms with Crippen molar-refractivity contribution in [2.45, 2.75) is 19.8 Å². The fourth-order valence-electron chi connectivity index (χ4n) is 2.43. The number of hydrogen-bond acceptors (Lipinski definition) is 1. The average molecular weight is 215 g/mol. The number of rotatable bonds is 1. The van der Waals surface area contributed by atoms with E-state index in [2.05, 4.69) is 60.4 Å². The SMILES string of the molecule is CCN1CCC2(\C=C/C=C/C=C\C=C\2)CC1. The Morgan fingerprint density at radius 3 is 1.88 bits per heavy atom. The number of hydrogen-bond donors (Lipinski definition) is 0. The summed E-state index contributed by atoms with van der Waals surface area (Å²) < 4.78 is 0. The zero-order chi connectivity index (χ0) is 11.3. The van der Waals surface area contributed by atoms with Crippen LogP contribution in [0.3, 0.4) is 0 Å². The fourth-order valence-corrected chi connectivity index (χ4v) is 2.43. The average Bonchev–Trinajstić information content (AvgIpc) is 2.43. The predicted molar refractivity (Wildman–Crippen MR) is 70.3 cm³/mol. The first-order chi connectivity index (χ1) is 7.85. The van der Waals surface area contributed by atoms with E-state index < -0.39 is 0 Å². The number of likely N-dealkylation sites (tertiary alicyclic amines) is 1. The Kier molecular flexibility index (Phi) is 3.79. The van der Waals surface area contributed by atoms with E-state index in [4.69, 9.17) is 0 Å². The van der Waals surface area contributed by atoms with Crippen LogP contribution in [0.5, 0.6) is 0 Å². The van der Waals surface area contributed by atoms with E-state index in [1.165, 1.54) is 32.5 Å². The van der Waals surface area contributed by atoms with Crippen LogP contribution in [0.25, 0.3) is 0 Å². The Hall–Kier alpha value is -1.08. The van der Waals surface area contributed by atoms with Crippen molar-refractivity contribution < 1.29 is 0 Å². The molecule has 0 radical (unpaired) electrons. The maximum absolute atomic E-state index is 2.53. The first kappa shape index (κ1) is 11.4. The minimum atomic E-state index is 0.296. The first-order valence-corrected chi connectivity index (χ1v) is 6.27. The van der Waals surface area contributed by atoms with Gasteiger partial charge < -0.3 is 4.90 Å². The fraction of sp³-hybridized carbons (Fsp3) is 0.467. The van der Waals surface area contributed by atoms with Crippen LogP contribution in [0.2, 0.25) is 0 Å². The summed E-state index contributed by atoms with van der Waals surface area (Å²) in [5, 5.41) is 0. The van der Waals surface area contributed by atoms with E-state index in [1.54, 1.807) is 0 Å². The molecule has 2 aliphatic rings. The van der Waals surface area contributed by atoms with E-state index in [9.17, 15) is 0 Å². The van der Waals surface area contributed by atoms with Gasteiger partial charge in [0.05, 0.1) is 0 Å². The summed E-state index contributed by atoms with van der Waals surface area (Å²) in [7, 11) is 0. The summed E-state index contributed by atoms with van der Waals surface area (Å²) in [6, 6.07) is 0. The van der Waals surface area contributed by atoms with Crippen molar-refractivity contribution in [3.63, 3.8) is 0 Å². The molecule has 0 aromatic heterocycles. The quantitative estimate of drug-likeness (QED) is 0.648. The van der Waals surface area contributed by atoms with Gasteiger partial charge in [0.25, 0.3) is 0 Å².